The van der Waals surface area contributed by atoms with Crippen LogP contribution in [-0.2, 0) is 9.59 Å². The maximum absolute atomic E-state index is 11.7. The van der Waals surface area contributed by atoms with E-state index in [1.807, 2.05) is 0 Å². The Labute approximate surface area is 165 Å². The molecule has 0 atom stereocenters. The van der Waals surface area contributed by atoms with Gasteiger partial charge in [-0.2, -0.15) is 0 Å². The van der Waals surface area contributed by atoms with Gasteiger partial charge in [0.15, 0.2) is 13.2 Å². The first-order valence-corrected chi connectivity index (χ1v) is 8.53. The van der Waals surface area contributed by atoms with Gasteiger partial charge in [0.1, 0.15) is 11.5 Å². The van der Waals surface area contributed by atoms with Crippen LogP contribution in [0.25, 0.3) is 0 Å². The summed E-state index contributed by atoms with van der Waals surface area (Å²) in [6, 6.07) is 9.65. The summed E-state index contributed by atoms with van der Waals surface area (Å²) in [6.07, 6.45) is 0. The molecule has 0 saturated carbocycles. The molecule has 9 heteroatoms. The van der Waals surface area contributed by atoms with Gasteiger partial charge in [-0.25, -0.2) is 0 Å². The fraction of sp³-hybridized carbons (Fsp3) is 0.176. The third kappa shape index (κ3) is 6.29. The van der Waals surface area contributed by atoms with Gasteiger partial charge in [-0.3, -0.25) is 20.4 Å². The highest BCUT2D eigenvalue weighted by molar-refractivity contribution is 6.35. The van der Waals surface area contributed by atoms with Crippen LogP contribution < -0.4 is 20.3 Å². The Bertz CT molecular complexity index is 747. The maximum Gasteiger partial charge on any atom is 0.276 e. The van der Waals surface area contributed by atoms with E-state index in [9.17, 15) is 9.59 Å². The molecule has 0 heterocycles. The molecular formula is C17H15Cl3N2O4. The van der Waals surface area contributed by atoms with Crippen LogP contribution in [0.2, 0.25) is 15.1 Å². The predicted molar refractivity (Wildman–Crippen MR) is 99.9 cm³/mol. The molecule has 0 spiro atoms. The van der Waals surface area contributed by atoms with Crippen LogP contribution in [0, 0.1) is 6.92 Å². The second kappa shape index (κ2) is 9.52. The number of carbonyl (C=O) groups is 2. The van der Waals surface area contributed by atoms with Crippen molar-refractivity contribution in [2.45, 2.75) is 6.92 Å². The Hall–Kier alpha value is -2.15. The van der Waals surface area contributed by atoms with E-state index in [1.165, 1.54) is 6.07 Å². The lowest BCUT2D eigenvalue weighted by molar-refractivity contribution is -0.131. The monoisotopic (exact) mass is 416 g/mol. The second-order valence-electron chi connectivity index (χ2n) is 5.16. The van der Waals surface area contributed by atoms with Crippen LogP contribution >= 0.6 is 34.8 Å². The van der Waals surface area contributed by atoms with Crippen LogP contribution in [0.1, 0.15) is 5.56 Å². The Morgan fingerprint density at radius 3 is 1.88 bits per heavy atom. The molecule has 0 saturated heterocycles. The van der Waals surface area contributed by atoms with Crippen molar-refractivity contribution in [3.63, 3.8) is 0 Å². The quantitative estimate of drug-likeness (QED) is 0.705. The molecule has 0 aliphatic rings. The van der Waals surface area contributed by atoms with Gasteiger partial charge in [-0.05, 0) is 48.9 Å². The molecule has 2 aromatic carbocycles. The average Bonchev–Trinajstić information content (AvgIpc) is 2.58. The smallest absolute Gasteiger partial charge is 0.276 e. The van der Waals surface area contributed by atoms with Crippen molar-refractivity contribution < 1.29 is 19.1 Å². The van der Waals surface area contributed by atoms with Crippen LogP contribution in [0.4, 0.5) is 0 Å². The number of benzene rings is 2. The van der Waals surface area contributed by atoms with Gasteiger partial charge >= 0.3 is 0 Å². The summed E-state index contributed by atoms with van der Waals surface area (Å²) in [4.78, 5) is 23.4. The molecule has 2 rings (SSSR count). The first kappa shape index (κ1) is 20.2. The Morgan fingerprint density at radius 2 is 1.35 bits per heavy atom. The standard InChI is InChI=1S/C17H15Cl3N2O4/c1-10-6-11(18)2-4-14(10)25-8-16(23)21-22-17(24)9-26-15-5-3-12(19)7-13(15)20/h2-7H,8-9H2,1H3,(H,21,23)(H,22,24). The van der Waals surface area contributed by atoms with Crippen molar-refractivity contribution in [1.82, 2.24) is 10.9 Å². The summed E-state index contributed by atoms with van der Waals surface area (Å²) in [5.41, 5.74) is 5.22. The number of rotatable bonds is 6. The summed E-state index contributed by atoms with van der Waals surface area (Å²) in [5.74, 6) is -0.264. The first-order valence-electron chi connectivity index (χ1n) is 7.39. The molecule has 2 amide bonds. The summed E-state index contributed by atoms with van der Waals surface area (Å²) in [5, 5.41) is 1.31. The zero-order chi connectivity index (χ0) is 19.1. The lowest BCUT2D eigenvalue weighted by Crippen LogP contribution is -2.45. The lowest BCUT2D eigenvalue weighted by Gasteiger charge is -2.11. The van der Waals surface area contributed by atoms with Crippen molar-refractivity contribution in [3.05, 3.63) is 57.0 Å². The number of aryl methyl sites for hydroxylation is 1. The van der Waals surface area contributed by atoms with E-state index in [0.717, 1.165) is 5.56 Å². The molecule has 138 valence electrons. The molecule has 0 aliphatic heterocycles. The number of halogens is 3. The second-order valence-corrected chi connectivity index (χ2v) is 6.44. The minimum absolute atomic E-state index is 0.271. The Kier molecular flexibility index (Phi) is 7.38. The van der Waals surface area contributed by atoms with E-state index in [4.69, 9.17) is 44.3 Å². The summed E-state index contributed by atoms with van der Waals surface area (Å²) >= 11 is 17.5. The van der Waals surface area contributed by atoms with Crippen LogP contribution in [0.15, 0.2) is 36.4 Å². The highest BCUT2D eigenvalue weighted by Gasteiger charge is 2.09. The molecule has 2 aromatic rings. The molecule has 0 aliphatic carbocycles. The Morgan fingerprint density at radius 1 is 0.846 bits per heavy atom. The largest absolute Gasteiger partial charge is 0.483 e. The molecule has 0 aromatic heterocycles. The van der Waals surface area contributed by atoms with Crippen LogP contribution in [0.3, 0.4) is 0 Å². The molecule has 0 unspecified atom stereocenters. The fourth-order valence-electron chi connectivity index (χ4n) is 1.87. The number of hydrogen-bond acceptors (Lipinski definition) is 4. The molecule has 0 fully saturated rings. The van der Waals surface area contributed by atoms with E-state index in [0.29, 0.717) is 21.5 Å². The van der Waals surface area contributed by atoms with Gasteiger partial charge in [0.05, 0.1) is 5.02 Å². The summed E-state index contributed by atoms with van der Waals surface area (Å²) in [7, 11) is 0. The van der Waals surface area contributed by atoms with E-state index < -0.39 is 11.8 Å². The van der Waals surface area contributed by atoms with Crippen molar-refractivity contribution >= 4 is 46.6 Å². The van der Waals surface area contributed by atoms with Gasteiger partial charge in [0, 0.05) is 10.0 Å². The van der Waals surface area contributed by atoms with Gasteiger partial charge in [-0.15, -0.1) is 0 Å². The molecular weight excluding hydrogens is 403 g/mol. The number of amides is 2. The molecule has 0 bridgehead atoms. The minimum atomic E-state index is -0.563. The maximum atomic E-state index is 11.7. The van der Waals surface area contributed by atoms with Crippen molar-refractivity contribution in [2.75, 3.05) is 13.2 Å². The van der Waals surface area contributed by atoms with E-state index in [1.54, 1.807) is 37.3 Å². The van der Waals surface area contributed by atoms with Gasteiger partial charge in [0.2, 0.25) is 0 Å². The lowest BCUT2D eigenvalue weighted by atomic mass is 10.2. The molecule has 0 radical (unpaired) electrons. The number of carbonyl (C=O) groups excluding carboxylic acids is 2. The van der Waals surface area contributed by atoms with Crippen molar-refractivity contribution in [1.29, 1.82) is 0 Å². The van der Waals surface area contributed by atoms with Gasteiger partial charge in [-0.1, -0.05) is 34.8 Å². The van der Waals surface area contributed by atoms with E-state index in [-0.39, 0.29) is 18.2 Å². The highest BCUT2D eigenvalue weighted by Crippen LogP contribution is 2.27. The number of ether oxygens (including phenoxy) is 2. The molecule has 6 nitrogen and oxygen atoms in total. The molecule has 2 N–H and O–H groups in total. The summed E-state index contributed by atoms with van der Waals surface area (Å²) in [6.45, 7) is 1.20. The van der Waals surface area contributed by atoms with Gasteiger partial charge in [0.25, 0.3) is 11.8 Å². The summed E-state index contributed by atoms with van der Waals surface area (Å²) < 4.78 is 10.6. The zero-order valence-electron chi connectivity index (χ0n) is 13.6. The fourth-order valence-corrected chi connectivity index (χ4v) is 2.55. The Balaban J connectivity index is 1.72. The van der Waals surface area contributed by atoms with Crippen molar-refractivity contribution in [3.8, 4) is 11.5 Å². The third-order valence-electron chi connectivity index (χ3n) is 3.09. The minimum Gasteiger partial charge on any atom is -0.483 e. The highest BCUT2D eigenvalue weighted by atomic mass is 35.5. The topological polar surface area (TPSA) is 76.7 Å². The zero-order valence-corrected chi connectivity index (χ0v) is 15.9. The average molecular weight is 418 g/mol. The third-order valence-corrected chi connectivity index (χ3v) is 3.86. The van der Waals surface area contributed by atoms with E-state index in [2.05, 4.69) is 10.9 Å². The van der Waals surface area contributed by atoms with E-state index >= 15 is 0 Å². The van der Waals surface area contributed by atoms with Crippen LogP contribution in [0.5, 0.6) is 11.5 Å². The number of hydrazine groups is 1. The SMILES string of the molecule is Cc1cc(Cl)ccc1OCC(=O)NNC(=O)COc1ccc(Cl)cc1Cl. The van der Waals surface area contributed by atoms with Gasteiger partial charge < -0.3 is 9.47 Å². The predicted octanol–water partition coefficient (Wildman–Crippen LogP) is 3.56. The number of nitrogens with one attached hydrogen (secondary N) is 2. The molecule has 26 heavy (non-hydrogen) atoms. The normalized spacial score (nSPS) is 10.2. The van der Waals surface area contributed by atoms with Crippen molar-refractivity contribution in [2.24, 2.45) is 0 Å². The van der Waals surface area contributed by atoms with Crippen LogP contribution in [-0.4, -0.2) is 25.0 Å². The first-order chi connectivity index (χ1) is 12.3. The number of hydrogen-bond donors (Lipinski definition) is 2.